The second-order valence-corrected chi connectivity index (χ2v) is 4.77. The maximum Gasteiger partial charge on any atom is 0.310 e. The van der Waals surface area contributed by atoms with Crippen LogP contribution < -0.4 is 10.1 Å². The van der Waals surface area contributed by atoms with Crippen molar-refractivity contribution in [3.05, 3.63) is 29.8 Å². The van der Waals surface area contributed by atoms with Crippen molar-refractivity contribution >= 4 is 5.97 Å². The van der Waals surface area contributed by atoms with Crippen LogP contribution in [0.4, 0.5) is 0 Å². The quantitative estimate of drug-likeness (QED) is 0.833. The number of aryl methyl sites for hydroxylation is 1. The molecule has 1 aliphatic heterocycles. The molecule has 4 heteroatoms. The van der Waals surface area contributed by atoms with Crippen molar-refractivity contribution in [2.24, 2.45) is 11.8 Å². The van der Waals surface area contributed by atoms with E-state index >= 15 is 0 Å². The summed E-state index contributed by atoms with van der Waals surface area (Å²) in [5, 5.41) is 12.5. The summed E-state index contributed by atoms with van der Waals surface area (Å²) in [6.07, 6.45) is 0.911. The van der Waals surface area contributed by atoms with Gasteiger partial charge in [-0.05, 0) is 44.0 Å². The molecule has 0 spiro atoms. The standard InChI is InChI=1S/C14H19NO3/c1-10-4-2-3-5-13(10)18-9-12(14(16)17)11-6-7-15-8-11/h2-5,11-12,15H,6-9H2,1H3,(H,16,17). The van der Waals surface area contributed by atoms with Gasteiger partial charge in [0.15, 0.2) is 0 Å². The fraction of sp³-hybridized carbons (Fsp3) is 0.500. The summed E-state index contributed by atoms with van der Waals surface area (Å²) in [7, 11) is 0. The SMILES string of the molecule is Cc1ccccc1OCC(C(=O)O)C1CCNC1. The van der Waals surface area contributed by atoms with Crippen molar-refractivity contribution in [3.63, 3.8) is 0 Å². The lowest BCUT2D eigenvalue weighted by Crippen LogP contribution is -2.30. The van der Waals surface area contributed by atoms with Crippen molar-refractivity contribution in [1.29, 1.82) is 0 Å². The predicted octanol–water partition coefficient (Wildman–Crippen LogP) is 1.68. The van der Waals surface area contributed by atoms with E-state index in [1.54, 1.807) is 0 Å². The minimum absolute atomic E-state index is 0.173. The highest BCUT2D eigenvalue weighted by Gasteiger charge is 2.31. The molecule has 1 aromatic rings. The van der Waals surface area contributed by atoms with E-state index in [9.17, 15) is 9.90 Å². The van der Waals surface area contributed by atoms with Crippen LogP contribution in [0.15, 0.2) is 24.3 Å². The zero-order chi connectivity index (χ0) is 13.0. The molecule has 4 nitrogen and oxygen atoms in total. The Morgan fingerprint density at radius 1 is 1.56 bits per heavy atom. The highest BCUT2D eigenvalue weighted by molar-refractivity contribution is 5.70. The molecule has 98 valence electrons. The van der Waals surface area contributed by atoms with Gasteiger partial charge < -0.3 is 15.2 Å². The van der Waals surface area contributed by atoms with Gasteiger partial charge in [-0.2, -0.15) is 0 Å². The molecular weight excluding hydrogens is 230 g/mol. The van der Waals surface area contributed by atoms with Crippen molar-refractivity contribution < 1.29 is 14.6 Å². The summed E-state index contributed by atoms with van der Waals surface area (Å²) in [6, 6.07) is 7.68. The molecule has 0 saturated carbocycles. The lowest BCUT2D eigenvalue weighted by Gasteiger charge is -2.19. The molecule has 1 aromatic carbocycles. The number of hydrogen-bond donors (Lipinski definition) is 2. The number of nitrogens with one attached hydrogen (secondary N) is 1. The lowest BCUT2D eigenvalue weighted by molar-refractivity contribution is -0.144. The van der Waals surface area contributed by atoms with Crippen LogP contribution in [0.2, 0.25) is 0 Å². The van der Waals surface area contributed by atoms with Crippen molar-refractivity contribution in [2.75, 3.05) is 19.7 Å². The fourth-order valence-corrected chi connectivity index (χ4v) is 2.33. The Morgan fingerprint density at radius 3 is 2.94 bits per heavy atom. The van der Waals surface area contributed by atoms with Crippen LogP contribution in [0.5, 0.6) is 5.75 Å². The summed E-state index contributed by atoms with van der Waals surface area (Å²) >= 11 is 0. The minimum Gasteiger partial charge on any atom is -0.492 e. The van der Waals surface area contributed by atoms with E-state index < -0.39 is 11.9 Å². The largest absolute Gasteiger partial charge is 0.492 e. The highest BCUT2D eigenvalue weighted by Crippen LogP contribution is 2.22. The van der Waals surface area contributed by atoms with E-state index in [-0.39, 0.29) is 12.5 Å². The van der Waals surface area contributed by atoms with Crippen LogP contribution in [-0.4, -0.2) is 30.8 Å². The first kappa shape index (κ1) is 12.9. The van der Waals surface area contributed by atoms with Gasteiger partial charge in [-0.1, -0.05) is 18.2 Å². The Hall–Kier alpha value is -1.55. The van der Waals surface area contributed by atoms with Crippen molar-refractivity contribution in [3.8, 4) is 5.75 Å². The number of carboxylic acid groups (broad SMARTS) is 1. The third-order valence-electron chi connectivity index (χ3n) is 3.50. The summed E-state index contributed by atoms with van der Waals surface area (Å²) in [5.41, 5.74) is 1.03. The van der Waals surface area contributed by atoms with E-state index in [1.807, 2.05) is 31.2 Å². The van der Waals surface area contributed by atoms with Gasteiger partial charge in [0.05, 0.1) is 5.92 Å². The van der Waals surface area contributed by atoms with Gasteiger partial charge in [0.2, 0.25) is 0 Å². The smallest absolute Gasteiger partial charge is 0.310 e. The summed E-state index contributed by atoms with van der Waals surface area (Å²) < 4.78 is 5.66. The average Bonchev–Trinajstić information content (AvgIpc) is 2.85. The van der Waals surface area contributed by atoms with Gasteiger partial charge in [-0.3, -0.25) is 4.79 Å². The van der Waals surface area contributed by atoms with E-state index in [0.717, 1.165) is 30.8 Å². The highest BCUT2D eigenvalue weighted by atomic mass is 16.5. The first-order chi connectivity index (χ1) is 8.68. The second-order valence-electron chi connectivity index (χ2n) is 4.77. The normalized spacial score (nSPS) is 20.6. The van der Waals surface area contributed by atoms with Crippen LogP contribution in [0.25, 0.3) is 0 Å². The maximum atomic E-state index is 11.3. The molecule has 1 saturated heterocycles. The molecule has 0 aliphatic carbocycles. The topological polar surface area (TPSA) is 58.6 Å². The molecule has 2 N–H and O–H groups in total. The molecule has 1 aliphatic rings. The van der Waals surface area contributed by atoms with Crippen LogP contribution >= 0.6 is 0 Å². The molecule has 1 heterocycles. The molecule has 1 fully saturated rings. The lowest BCUT2D eigenvalue weighted by atomic mass is 9.92. The number of hydrogen-bond acceptors (Lipinski definition) is 3. The van der Waals surface area contributed by atoms with Gasteiger partial charge in [-0.15, -0.1) is 0 Å². The van der Waals surface area contributed by atoms with Gasteiger partial charge >= 0.3 is 5.97 Å². The average molecular weight is 249 g/mol. The van der Waals surface area contributed by atoms with Crippen LogP contribution in [-0.2, 0) is 4.79 Å². The Kier molecular flexibility index (Phi) is 4.20. The van der Waals surface area contributed by atoms with Crippen LogP contribution in [0.3, 0.4) is 0 Å². The Bertz CT molecular complexity index is 413. The summed E-state index contributed by atoms with van der Waals surface area (Å²) in [4.78, 5) is 11.3. The van der Waals surface area contributed by atoms with Crippen molar-refractivity contribution in [1.82, 2.24) is 5.32 Å². The number of benzene rings is 1. The molecule has 2 atom stereocenters. The molecule has 2 unspecified atom stereocenters. The monoisotopic (exact) mass is 249 g/mol. The Labute approximate surface area is 107 Å². The summed E-state index contributed by atoms with van der Waals surface area (Å²) in [6.45, 7) is 3.88. The molecule has 0 radical (unpaired) electrons. The first-order valence-corrected chi connectivity index (χ1v) is 6.30. The predicted molar refractivity (Wildman–Crippen MR) is 68.8 cm³/mol. The first-order valence-electron chi connectivity index (χ1n) is 6.30. The zero-order valence-electron chi connectivity index (χ0n) is 10.6. The molecule has 0 bridgehead atoms. The van der Waals surface area contributed by atoms with Crippen LogP contribution in [0, 0.1) is 18.8 Å². The Balaban J connectivity index is 1.97. The number of rotatable bonds is 5. The van der Waals surface area contributed by atoms with E-state index in [1.165, 1.54) is 0 Å². The molecule has 18 heavy (non-hydrogen) atoms. The maximum absolute atomic E-state index is 11.3. The van der Waals surface area contributed by atoms with Gasteiger partial charge in [0.1, 0.15) is 12.4 Å². The number of carboxylic acids is 1. The number of aliphatic carboxylic acids is 1. The van der Waals surface area contributed by atoms with E-state index in [4.69, 9.17) is 4.74 Å². The van der Waals surface area contributed by atoms with Gasteiger partial charge in [0, 0.05) is 0 Å². The number of para-hydroxylation sites is 1. The molecule has 0 amide bonds. The Morgan fingerprint density at radius 2 is 2.33 bits per heavy atom. The summed E-state index contributed by atoms with van der Waals surface area (Å²) in [5.74, 6) is -0.252. The van der Waals surface area contributed by atoms with Gasteiger partial charge in [-0.25, -0.2) is 0 Å². The van der Waals surface area contributed by atoms with Crippen LogP contribution in [0.1, 0.15) is 12.0 Å². The third-order valence-corrected chi connectivity index (χ3v) is 3.50. The van der Waals surface area contributed by atoms with Gasteiger partial charge in [0.25, 0.3) is 0 Å². The molecular formula is C14H19NO3. The van der Waals surface area contributed by atoms with E-state index in [2.05, 4.69) is 5.32 Å². The number of carbonyl (C=O) groups is 1. The minimum atomic E-state index is -0.766. The number of ether oxygens (including phenoxy) is 1. The molecule has 0 aromatic heterocycles. The molecule has 2 rings (SSSR count). The zero-order valence-corrected chi connectivity index (χ0v) is 10.6. The fourth-order valence-electron chi connectivity index (χ4n) is 2.33. The van der Waals surface area contributed by atoms with E-state index in [0.29, 0.717) is 0 Å². The second kappa shape index (κ2) is 5.87. The van der Waals surface area contributed by atoms with Crippen molar-refractivity contribution in [2.45, 2.75) is 13.3 Å². The third kappa shape index (κ3) is 3.01.